The molecule has 0 unspecified atom stereocenters. The van der Waals surface area contributed by atoms with Crippen LogP contribution in [0.25, 0.3) is 0 Å². The highest BCUT2D eigenvalue weighted by Gasteiger charge is 2.16. The van der Waals surface area contributed by atoms with Gasteiger partial charge in [0.1, 0.15) is 0 Å². The topological polar surface area (TPSA) is 29.9 Å². The molecule has 0 bridgehead atoms. The van der Waals surface area contributed by atoms with Gasteiger partial charge in [0.05, 0.1) is 5.69 Å². The predicted octanol–water partition coefficient (Wildman–Crippen LogP) is 2.31. The molecule has 3 nitrogen and oxygen atoms in total. The van der Waals surface area contributed by atoms with Crippen molar-refractivity contribution in [2.45, 2.75) is 45.3 Å². The molecule has 0 amide bonds. The summed E-state index contributed by atoms with van der Waals surface area (Å²) in [6.07, 6.45) is 6.14. The van der Waals surface area contributed by atoms with Gasteiger partial charge >= 0.3 is 0 Å². The van der Waals surface area contributed by atoms with Gasteiger partial charge in [-0.15, -0.1) is 0 Å². The van der Waals surface area contributed by atoms with Gasteiger partial charge in [0.25, 0.3) is 0 Å². The Bertz CT molecular complexity index is 304. The van der Waals surface area contributed by atoms with Crippen molar-refractivity contribution in [2.24, 2.45) is 0 Å². The number of nitrogens with zero attached hydrogens (tertiary/aromatic N) is 2. The Kier molecular flexibility index (Phi) is 3.23. The minimum Gasteiger partial charge on any atom is -0.326 e. The SMILES string of the molecule is CCn1cc(CNC2CCC2)nc1Br. The van der Waals surface area contributed by atoms with Crippen molar-refractivity contribution in [3.8, 4) is 0 Å². The molecule has 0 saturated heterocycles. The molecule has 1 fully saturated rings. The largest absolute Gasteiger partial charge is 0.326 e. The van der Waals surface area contributed by atoms with Crippen LogP contribution < -0.4 is 5.32 Å². The van der Waals surface area contributed by atoms with E-state index in [1.165, 1.54) is 19.3 Å². The van der Waals surface area contributed by atoms with Gasteiger partial charge in [-0.1, -0.05) is 6.42 Å². The van der Waals surface area contributed by atoms with E-state index in [4.69, 9.17) is 0 Å². The van der Waals surface area contributed by atoms with E-state index in [9.17, 15) is 0 Å². The van der Waals surface area contributed by atoms with Crippen LogP contribution >= 0.6 is 15.9 Å². The average Bonchev–Trinajstić information content (AvgIpc) is 2.44. The third kappa shape index (κ3) is 2.17. The van der Waals surface area contributed by atoms with Crippen molar-refractivity contribution in [1.82, 2.24) is 14.9 Å². The quantitative estimate of drug-likeness (QED) is 0.898. The molecule has 4 heteroatoms. The third-order valence-electron chi connectivity index (χ3n) is 2.80. The van der Waals surface area contributed by atoms with Gasteiger partial charge in [0.2, 0.25) is 0 Å². The molecule has 1 aliphatic carbocycles. The molecule has 1 N–H and O–H groups in total. The van der Waals surface area contributed by atoms with E-state index in [1.54, 1.807) is 0 Å². The summed E-state index contributed by atoms with van der Waals surface area (Å²) in [5.41, 5.74) is 1.13. The van der Waals surface area contributed by atoms with Crippen molar-refractivity contribution in [3.05, 3.63) is 16.6 Å². The highest BCUT2D eigenvalue weighted by molar-refractivity contribution is 9.10. The van der Waals surface area contributed by atoms with Crippen LogP contribution in [0.15, 0.2) is 10.9 Å². The number of imidazole rings is 1. The van der Waals surface area contributed by atoms with E-state index in [-0.39, 0.29) is 0 Å². The fourth-order valence-corrected chi connectivity index (χ4v) is 2.19. The Morgan fingerprint density at radius 1 is 1.64 bits per heavy atom. The first-order valence-electron chi connectivity index (χ1n) is 5.24. The molecule has 0 spiro atoms. The maximum absolute atomic E-state index is 4.43. The highest BCUT2D eigenvalue weighted by atomic mass is 79.9. The van der Waals surface area contributed by atoms with Crippen molar-refractivity contribution in [2.75, 3.05) is 0 Å². The summed E-state index contributed by atoms with van der Waals surface area (Å²) in [4.78, 5) is 4.43. The molecular weight excluding hydrogens is 242 g/mol. The van der Waals surface area contributed by atoms with Crippen LogP contribution in [-0.4, -0.2) is 15.6 Å². The summed E-state index contributed by atoms with van der Waals surface area (Å²) in [6.45, 7) is 3.99. The zero-order chi connectivity index (χ0) is 9.97. The number of rotatable bonds is 4. The second-order valence-electron chi connectivity index (χ2n) is 3.80. The average molecular weight is 258 g/mol. The Morgan fingerprint density at radius 3 is 2.93 bits per heavy atom. The molecule has 1 aromatic heterocycles. The molecule has 2 rings (SSSR count). The molecule has 0 atom stereocenters. The molecule has 0 aromatic carbocycles. The number of halogens is 1. The monoisotopic (exact) mass is 257 g/mol. The molecule has 1 heterocycles. The van der Waals surface area contributed by atoms with Crippen LogP contribution in [0.3, 0.4) is 0 Å². The lowest BCUT2D eigenvalue weighted by Crippen LogP contribution is -2.34. The summed E-state index contributed by atoms with van der Waals surface area (Å²) in [5, 5.41) is 3.50. The third-order valence-corrected chi connectivity index (χ3v) is 3.43. The van der Waals surface area contributed by atoms with Gasteiger partial charge in [-0.2, -0.15) is 0 Å². The van der Waals surface area contributed by atoms with Gasteiger partial charge in [0.15, 0.2) is 4.73 Å². The lowest BCUT2D eigenvalue weighted by molar-refractivity contribution is 0.337. The number of hydrogen-bond donors (Lipinski definition) is 1. The van der Waals surface area contributed by atoms with Crippen LogP contribution in [0.2, 0.25) is 0 Å². The van der Waals surface area contributed by atoms with Gasteiger partial charge in [0, 0.05) is 25.3 Å². The van der Waals surface area contributed by atoms with Crippen molar-refractivity contribution in [1.29, 1.82) is 0 Å². The van der Waals surface area contributed by atoms with E-state index in [2.05, 4.69) is 43.9 Å². The molecule has 1 aliphatic rings. The number of nitrogens with one attached hydrogen (secondary N) is 1. The lowest BCUT2D eigenvalue weighted by atomic mass is 9.93. The number of aromatic nitrogens is 2. The smallest absolute Gasteiger partial charge is 0.177 e. The molecule has 0 aliphatic heterocycles. The van der Waals surface area contributed by atoms with Crippen molar-refractivity contribution < 1.29 is 0 Å². The Balaban J connectivity index is 1.88. The number of hydrogen-bond acceptors (Lipinski definition) is 2. The standard InChI is InChI=1S/C10H16BrN3/c1-2-14-7-9(13-10(14)11)6-12-8-4-3-5-8/h7-8,12H,2-6H2,1H3. The van der Waals surface area contributed by atoms with E-state index in [1.807, 2.05) is 0 Å². The van der Waals surface area contributed by atoms with Gasteiger partial charge in [-0.3, -0.25) is 0 Å². The van der Waals surface area contributed by atoms with Gasteiger partial charge < -0.3 is 9.88 Å². The van der Waals surface area contributed by atoms with Crippen molar-refractivity contribution >= 4 is 15.9 Å². The summed E-state index contributed by atoms with van der Waals surface area (Å²) in [5.74, 6) is 0. The van der Waals surface area contributed by atoms with Crippen LogP contribution in [0.5, 0.6) is 0 Å². The molecule has 0 radical (unpaired) electrons. The Labute approximate surface area is 93.0 Å². The normalized spacial score (nSPS) is 17.0. The highest BCUT2D eigenvalue weighted by Crippen LogP contribution is 2.18. The molecule has 1 aromatic rings. The predicted molar refractivity (Wildman–Crippen MR) is 60.1 cm³/mol. The summed E-state index contributed by atoms with van der Waals surface area (Å²) >= 11 is 3.44. The zero-order valence-electron chi connectivity index (χ0n) is 8.46. The maximum atomic E-state index is 4.43. The first kappa shape index (κ1) is 10.2. The first-order chi connectivity index (χ1) is 6.79. The second-order valence-corrected chi connectivity index (χ2v) is 4.51. The minimum absolute atomic E-state index is 0.737. The van der Waals surface area contributed by atoms with Gasteiger partial charge in [-0.25, -0.2) is 4.98 Å². The second kappa shape index (κ2) is 4.45. The summed E-state index contributed by atoms with van der Waals surface area (Å²) < 4.78 is 3.04. The van der Waals surface area contributed by atoms with Crippen LogP contribution in [0.1, 0.15) is 31.9 Å². The summed E-state index contributed by atoms with van der Waals surface area (Å²) in [6, 6.07) is 0.737. The van der Waals surface area contributed by atoms with Crippen LogP contribution in [0.4, 0.5) is 0 Å². The van der Waals surface area contributed by atoms with E-state index >= 15 is 0 Å². The molecule has 1 saturated carbocycles. The number of aryl methyl sites for hydroxylation is 1. The van der Waals surface area contributed by atoms with E-state index in [0.29, 0.717) is 0 Å². The van der Waals surface area contributed by atoms with Crippen molar-refractivity contribution in [3.63, 3.8) is 0 Å². The lowest BCUT2D eigenvalue weighted by Gasteiger charge is -2.26. The van der Waals surface area contributed by atoms with Gasteiger partial charge in [-0.05, 0) is 35.7 Å². The van der Waals surface area contributed by atoms with E-state index in [0.717, 1.165) is 29.6 Å². The maximum Gasteiger partial charge on any atom is 0.177 e. The fraction of sp³-hybridized carbons (Fsp3) is 0.700. The van der Waals surface area contributed by atoms with Crippen LogP contribution in [-0.2, 0) is 13.1 Å². The van der Waals surface area contributed by atoms with E-state index < -0.39 is 0 Å². The molecular formula is C10H16BrN3. The summed E-state index contributed by atoms with van der Waals surface area (Å²) in [7, 11) is 0. The molecule has 78 valence electrons. The zero-order valence-corrected chi connectivity index (χ0v) is 10.0. The first-order valence-corrected chi connectivity index (χ1v) is 6.04. The van der Waals surface area contributed by atoms with Crippen LogP contribution in [0, 0.1) is 0 Å². The molecule has 14 heavy (non-hydrogen) atoms. The Hall–Kier alpha value is -0.350. The fourth-order valence-electron chi connectivity index (χ4n) is 1.61. The minimum atomic E-state index is 0.737. The Morgan fingerprint density at radius 2 is 2.43 bits per heavy atom.